The number of aliphatic imine (C=N–C) groups is 1. The monoisotopic (exact) mass is 283 g/mol. The molecular formula is C16H30N2O2. The molecule has 1 atom stereocenters. The van der Waals surface area contributed by atoms with Gasteiger partial charge in [-0.25, -0.2) is 4.99 Å². The molecule has 1 aliphatic heterocycles. The average Bonchev–Trinajstić information content (AvgIpc) is 2.86. The van der Waals surface area contributed by atoms with Crippen molar-refractivity contribution in [3.05, 3.63) is 12.3 Å². The molecular weight excluding hydrogens is 252 g/mol. The topological polar surface area (TPSA) is 34.1 Å². The van der Waals surface area contributed by atoms with Crippen molar-refractivity contribution >= 4 is 5.84 Å². The fraction of sp³-hybridized carbons (Fsp3) is 0.812. The maximum atomic E-state index is 7.18. The molecule has 4 nitrogen and oxygen atoms in total. The Morgan fingerprint density at radius 3 is 2.90 bits per heavy atom. The van der Waals surface area contributed by atoms with Crippen molar-refractivity contribution in [2.75, 3.05) is 33.5 Å². The summed E-state index contributed by atoms with van der Waals surface area (Å²) < 4.78 is 17.9. The highest BCUT2D eigenvalue weighted by atomic mass is 16.5. The van der Waals surface area contributed by atoms with Gasteiger partial charge in [-0.15, -0.1) is 0 Å². The number of amidine groups is 1. The van der Waals surface area contributed by atoms with E-state index in [1.54, 1.807) is 19.4 Å². The van der Waals surface area contributed by atoms with E-state index in [1.807, 2.05) is 0 Å². The Hall–Kier alpha value is -0.870. The van der Waals surface area contributed by atoms with Gasteiger partial charge in [0, 0.05) is 26.6 Å². The second-order valence-corrected chi connectivity index (χ2v) is 6.14. The number of ether oxygens (including phenoxy) is 2. The van der Waals surface area contributed by atoms with Crippen molar-refractivity contribution in [2.24, 2.45) is 10.4 Å². The molecule has 1 fully saturated rings. The predicted octanol–water partition coefficient (Wildman–Crippen LogP) is 3.09. The van der Waals surface area contributed by atoms with Crippen molar-refractivity contribution in [2.45, 2.75) is 46.6 Å². The van der Waals surface area contributed by atoms with Crippen LogP contribution in [0, 0.1) is 5.41 Å². The van der Waals surface area contributed by atoms with Gasteiger partial charge < -0.3 is 14.4 Å². The molecule has 1 aliphatic rings. The van der Waals surface area contributed by atoms with E-state index in [4.69, 9.17) is 10.8 Å². The summed E-state index contributed by atoms with van der Waals surface area (Å²) in [5.41, 5.74) is -0.0124. The highest BCUT2D eigenvalue weighted by Crippen LogP contribution is 2.27. The Labute approximate surface area is 125 Å². The number of hydrogen-bond donors (Lipinski definition) is 0. The molecule has 1 heterocycles. The molecule has 0 aromatic heterocycles. The largest absolute Gasteiger partial charge is 0.382 e. The van der Waals surface area contributed by atoms with Crippen LogP contribution in [0.1, 0.15) is 41.9 Å². The fourth-order valence-corrected chi connectivity index (χ4v) is 2.47. The van der Waals surface area contributed by atoms with Crippen LogP contribution in [-0.4, -0.2) is 50.3 Å². The van der Waals surface area contributed by atoms with E-state index in [0.717, 1.165) is 25.4 Å². The maximum Gasteiger partial charge on any atom is 0.110 e. The number of likely N-dealkylation sites (tertiary alicyclic amines) is 1. The first-order valence-electron chi connectivity index (χ1n) is 8.07. The van der Waals surface area contributed by atoms with Crippen LogP contribution in [0.25, 0.3) is 0 Å². The first-order chi connectivity index (χ1) is 10.0. The molecule has 0 spiro atoms. The third kappa shape index (κ3) is 5.25. The number of rotatable bonds is 6. The molecule has 0 N–H and O–H groups in total. The normalized spacial score (nSPS) is 21.8. The van der Waals surface area contributed by atoms with E-state index in [1.165, 1.54) is 6.42 Å². The van der Waals surface area contributed by atoms with Crippen LogP contribution in [0.4, 0.5) is 0 Å². The Bertz CT molecular complexity index is 351. The third-order valence-corrected chi connectivity index (χ3v) is 3.36. The minimum atomic E-state index is -0.0124. The van der Waals surface area contributed by atoms with Gasteiger partial charge in [-0.1, -0.05) is 26.8 Å². The van der Waals surface area contributed by atoms with E-state index >= 15 is 0 Å². The molecule has 20 heavy (non-hydrogen) atoms. The zero-order valence-electron chi connectivity index (χ0n) is 14.4. The lowest BCUT2D eigenvalue weighted by atomic mass is 9.93. The zero-order chi connectivity index (χ0) is 15.7. The van der Waals surface area contributed by atoms with Gasteiger partial charge in [0.2, 0.25) is 0 Å². The van der Waals surface area contributed by atoms with Crippen molar-refractivity contribution in [3.63, 3.8) is 0 Å². The quantitative estimate of drug-likeness (QED) is 0.427. The smallest absolute Gasteiger partial charge is 0.110 e. The molecule has 0 radical (unpaired) electrons. The predicted molar refractivity (Wildman–Crippen MR) is 84.1 cm³/mol. The molecule has 4 heteroatoms. The van der Waals surface area contributed by atoms with Gasteiger partial charge in [0.15, 0.2) is 0 Å². The van der Waals surface area contributed by atoms with Crippen LogP contribution < -0.4 is 0 Å². The van der Waals surface area contributed by atoms with Crippen molar-refractivity contribution in [1.82, 2.24) is 4.90 Å². The Kier molecular flexibility index (Phi) is 6.54. The van der Waals surface area contributed by atoms with Crippen LogP contribution in [-0.2, 0) is 9.47 Å². The van der Waals surface area contributed by atoms with Crippen LogP contribution >= 0.6 is 0 Å². The molecule has 0 amide bonds. The highest BCUT2D eigenvalue weighted by Gasteiger charge is 2.33. The van der Waals surface area contributed by atoms with E-state index in [2.05, 4.69) is 30.7 Å². The SMILES string of the molecule is [2H]C/C=C/N=C(N1CCC[C@H]1COCCOC)C(C)(C)C. The molecule has 116 valence electrons. The second kappa shape index (κ2) is 8.42. The van der Waals surface area contributed by atoms with E-state index in [9.17, 15) is 0 Å². The van der Waals surface area contributed by atoms with E-state index in [0.29, 0.717) is 19.3 Å². The van der Waals surface area contributed by atoms with Gasteiger partial charge in [-0.2, -0.15) is 0 Å². The Morgan fingerprint density at radius 1 is 1.45 bits per heavy atom. The van der Waals surface area contributed by atoms with Crippen LogP contribution in [0.3, 0.4) is 0 Å². The maximum absolute atomic E-state index is 7.18. The summed E-state index contributed by atoms with van der Waals surface area (Å²) >= 11 is 0. The number of allylic oxidation sites excluding steroid dienone is 1. The minimum absolute atomic E-state index is 0.0124. The molecule has 0 saturated carbocycles. The molecule has 1 rings (SSSR count). The summed E-state index contributed by atoms with van der Waals surface area (Å²) in [6.07, 6.45) is 5.85. The Morgan fingerprint density at radius 2 is 2.25 bits per heavy atom. The van der Waals surface area contributed by atoms with Gasteiger partial charge >= 0.3 is 0 Å². The number of hydrogen-bond acceptors (Lipinski definition) is 3. The van der Waals surface area contributed by atoms with Crippen molar-refractivity contribution < 1.29 is 10.8 Å². The lowest BCUT2D eigenvalue weighted by Crippen LogP contribution is -2.44. The number of nitrogens with zero attached hydrogens (tertiary/aromatic N) is 2. The molecule has 0 bridgehead atoms. The first-order valence-corrected chi connectivity index (χ1v) is 7.36. The first kappa shape index (κ1) is 15.5. The van der Waals surface area contributed by atoms with E-state index < -0.39 is 0 Å². The molecule has 0 aromatic rings. The van der Waals surface area contributed by atoms with Gasteiger partial charge in [-0.05, 0) is 19.7 Å². The van der Waals surface area contributed by atoms with Crippen LogP contribution in [0.5, 0.6) is 0 Å². The summed E-state index contributed by atoms with van der Waals surface area (Å²) in [6, 6.07) is 0.393. The summed E-state index contributed by atoms with van der Waals surface area (Å²) in [4.78, 5) is 7.00. The fourth-order valence-electron chi connectivity index (χ4n) is 2.47. The highest BCUT2D eigenvalue weighted by molar-refractivity contribution is 5.88. The zero-order valence-corrected chi connectivity index (χ0v) is 13.4. The lowest BCUT2D eigenvalue weighted by Gasteiger charge is -2.34. The molecule has 1 saturated heterocycles. The summed E-state index contributed by atoms with van der Waals surface area (Å²) in [5.74, 6) is 1.09. The summed E-state index contributed by atoms with van der Waals surface area (Å²) in [7, 11) is 1.69. The second-order valence-electron chi connectivity index (χ2n) is 6.14. The van der Waals surface area contributed by atoms with E-state index in [-0.39, 0.29) is 12.3 Å². The average molecular weight is 283 g/mol. The van der Waals surface area contributed by atoms with Crippen molar-refractivity contribution in [1.29, 1.82) is 0 Å². The van der Waals surface area contributed by atoms with Gasteiger partial charge in [0.05, 0.1) is 25.9 Å². The third-order valence-electron chi connectivity index (χ3n) is 3.36. The molecule has 0 aliphatic carbocycles. The summed E-state index contributed by atoms with van der Waals surface area (Å²) in [5, 5.41) is 0. The van der Waals surface area contributed by atoms with Crippen LogP contribution in [0.15, 0.2) is 17.3 Å². The van der Waals surface area contributed by atoms with Crippen LogP contribution in [0.2, 0.25) is 0 Å². The number of methoxy groups -OCH3 is 1. The Balaban J connectivity index is 2.71. The molecule has 0 aromatic carbocycles. The standard InChI is InChI=1S/C16H30N2O2/c1-6-9-17-15(16(2,3)4)18-10-7-8-14(18)13-20-12-11-19-5/h6,9,14H,7-8,10-13H2,1-5H3/b9-6+,17-15?/t14-/m0/s1/i1D. The van der Waals surface area contributed by atoms with Gasteiger partial charge in [0.1, 0.15) is 5.84 Å². The minimum Gasteiger partial charge on any atom is -0.382 e. The lowest BCUT2D eigenvalue weighted by molar-refractivity contribution is 0.0499. The van der Waals surface area contributed by atoms with Gasteiger partial charge in [-0.3, -0.25) is 0 Å². The summed E-state index contributed by atoms with van der Waals surface area (Å²) in [6.45, 7) is 9.85. The van der Waals surface area contributed by atoms with Crippen molar-refractivity contribution in [3.8, 4) is 0 Å². The molecule has 0 unspecified atom stereocenters. The van der Waals surface area contributed by atoms with Gasteiger partial charge in [0.25, 0.3) is 0 Å².